The molecule has 0 saturated carbocycles. The smallest absolute Gasteiger partial charge is 0.285 e. The van der Waals surface area contributed by atoms with E-state index in [1.54, 1.807) is 12.1 Å². The SMILES string of the molecule is CC(N)C1CCN(C2=NS(=O)(=O)c3ccccc32)CC1. The second kappa shape index (κ2) is 4.86. The van der Waals surface area contributed by atoms with Gasteiger partial charge in [0.1, 0.15) is 4.90 Å². The van der Waals surface area contributed by atoms with Gasteiger partial charge in [0.2, 0.25) is 0 Å². The summed E-state index contributed by atoms with van der Waals surface area (Å²) in [6.07, 6.45) is 1.97. The lowest BCUT2D eigenvalue weighted by atomic mass is 9.90. The lowest BCUT2D eigenvalue weighted by Crippen LogP contribution is -2.42. The van der Waals surface area contributed by atoms with Gasteiger partial charge in [-0.15, -0.1) is 4.40 Å². The van der Waals surface area contributed by atoms with Crippen LogP contribution in [0.15, 0.2) is 33.6 Å². The molecule has 2 heterocycles. The molecule has 0 amide bonds. The van der Waals surface area contributed by atoms with E-state index in [1.165, 1.54) is 0 Å². The standard InChI is InChI=1S/C14H19N3O2S/c1-10(15)11-6-8-17(9-7-11)14-12-4-2-3-5-13(12)20(18,19)16-14/h2-5,10-11H,6-9,15H2,1H3. The number of likely N-dealkylation sites (tertiary alicyclic amines) is 1. The van der Waals surface area contributed by atoms with Gasteiger partial charge in [-0.2, -0.15) is 8.42 Å². The fourth-order valence-electron chi connectivity index (χ4n) is 2.95. The zero-order valence-electron chi connectivity index (χ0n) is 11.5. The third kappa shape index (κ3) is 2.23. The molecule has 2 aliphatic rings. The first kappa shape index (κ1) is 13.6. The van der Waals surface area contributed by atoms with Gasteiger partial charge in [0.25, 0.3) is 10.0 Å². The van der Waals surface area contributed by atoms with Crippen LogP contribution in [0.4, 0.5) is 0 Å². The predicted octanol–water partition coefficient (Wildman–Crippen LogP) is 1.19. The Kier molecular flexibility index (Phi) is 3.30. The van der Waals surface area contributed by atoms with Gasteiger partial charge >= 0.3 is 0 Å². The number of hydrogen-bond donors (Lipinski definition) is 1. The highest BCUT2D eigenvalue weighted by Crippen LogP contribution is 2.29. The Bertz CT molecular complexity index is 644. The van der Waals surface area contributed by atoms with Crippen LogP contribution in [-0.2, 0) is 10.0 Å². The van der Waals surface area contributed by atoms with Crippen molar-refractivity contribution < 1.29 is 8.42 Å². The van der Waals surface area contributed by atoms with Crippen LogP contribution in [0.3, 0.4) is 0 Å². The van der Waals surface area contributed by atoms with Gasteiger partial charge in [-0.1, -0.05) is 12.1 Å². The van der Waals surface area contributed by atoms with Gasteiger partial charge in [-0.05, 0) is 37.8 Å². The molecular weight excluding hydrogens is 274 g/mol. The summed E-state index contributed by atoms with van der Waals surface area (Å²) < 4.78 is 28.1. The fourth-order valence-corrected chi connectivity index (χ4v) is 4.18. The molecule has 0 aromatic heterocycles. The predicted molar refractivity (Wildman–Crippen MR) is 78.1 cm³/mol. The number of nitrogens with two attached hydrogens (primary N) is 1. The number of fused-ring (bicyclic) bond motifs is 1. The van der Waals surface area contributed by atoms with Crippen molar-refractivity contribution in [2.75, 3.05) is 13.1 Å². The van der Waals surface area contributed by atoms with Crippen molar-refractivity contribution in [1.82, 2.24) is 4.90 Å². The maximum absolute atomic E-state index is 12.0. The monoisotopic (exact) mass is 293 g/mol. The normalized spacial score (nSPS) is 23.3. The highest BCUT2D eigenvalue weighted by atomic mass is 32.2. The maximum atomic E-state index is 12.0. The molecule has 1 aromatic carbocycles. The van der Waals surface area contributed by atoms with Crippen LogP contribution in [0, 0.1) is 5.92 Å². The van der Waals surface area contributed by atoms with Crippen molar-refractivity contribution >= 4 is 15.9 Å². The molecule has 2 aliphatic heterocycles. The van der Waals surface area contributed by atoms with E-state index in [0.29, 0.717) is 16.6 Å². The molecule has 1 atom stereocenters. The molecule has 2 N–H and O–H groups in total. The van der Waals surface area contributed by atoms with Gasteiger partial charge in [0.05, 0.1) is 0 Å². The number of benzene rings is 1. The number of sulfonamides is 1. The minimum atomic E-state index is -3.51. The van der Waals surface area contributed by atoms with Crippen molar-refractivity contribution in [1.29, 1.82) is 0 Å². The third-order valence-electron chi connectivity index (χ3n) is 4.20. The van der Waals surface area contributed by atoms with E-state index in [0.717, 1.165) is 31.5 Å². The summed E-state index contributed by atoms with van der Waals surface area (Å²) in [4.78, 5) is 2.40. The van der Waals surface area contributed by atoms with E-state index in [-0.39, 0.29) is 6.04 Å². The molecule has 5 nitrogen and oxygen atoms in total. The van der Waals surface area contributed by atoms with Crippen LogP contribution in [0.2, 0.25) is 0 Å². The first-order chi connectivity index (χ1) is 9.49. The molecule has 1 saturated heterocycles. The molecule has 6 heteroatoms. The summed E-state index contributed by atoms with van der Waals surface area (Å²) in [6, 6.07) is 7.23. The molecule has 20 heavy (non-hydrogen) atoms. The van der Waals surface area contributed by atoms with Crippen LogP contribution >= 0.6 is 0 Å². The second-order valence-corrected chi connectivity index (χ2v) is 7.14. The van der Waals surface area contributed by atoms with Crippen LogP contribution in [0.1, 0.15) is 25.3 Å². The van der Waals surface area contributed by atoms with Gasteiger partial charge < -0.3 is 10.6 Å². The Morgan fingerprint density at radius 3 is 2.60 bits per heavy atom. The number of nitrogens with zero attached hydrogens (tertiary/aromatic N) is 2. The van der Waals surface area contributed by atoms with E-state index in [4.69, 9.17) is 5.73 Å². The third-order valence-corrected chi connectivity index (χ3v) is 5.52. The summed E-state index contributed by atoms with van der Waals surface area (Å²) in [5, 5.41) is 0. The lowest BCUT2D eigenvalue weighted by molar-refractivity contribution is 0.244. The molecule has 1 aromatic rings. The Balaban J connectivity index is 1.87. The van der Waals surface area contributed by atoms with Crippen LogP contribution in [-0.4, -0.2) is 38.3 Å². The van der Waals surface area contributed by atoms with Crippen molar-refractivity contribution in [2.24, 2.45) is 16.0 Å². The number of amidine groups is 1. The molecule has 0 bridgehead atoms. The average molecular weight is 293 g/mol. The molecular formula is C14H19N3O2S. The zero-order chi connectivity index (χ0) is 14.3. The van der Waals surface area contributed by atoms with E-state index in [1.807, 2.05) is 19.1 Å². The van der Waals surface area contributed by atoms with Crippen molar-refractivity contribution in [3.8, 4) is 0 Å². The topological polar surface area (TPSA) is 75.8 Å². The summed E-state index contributed by atoms with van der Waals surface area (Å²) in [5.74, 6) is 1.11. The quantitative estimate of drug-likeness (QED) is 0.844. The van der Waals surface area contributed by atoms with Crippen LogP contribution in [0.25, 0.3) is 0 Å². The minimum absolute atomic E-state index is 0.193. The molecule has 0 radical (unpaired) electrons. The number of rotatable bonds is 1. The minimum Gasteiger partial charge on any atom is -0.355 e. The molecule has 108 valence electrons. The zero-order valence-corrected chi connectivity index (χ0v) is 12.3. The van der Waals surface area contributed by atoms with Gasteiger partial charge in [-0.3, -0.25) is 0 Å². The second-order valence-electron chi connectivity index (χ2n) is 5.57. The summed E-state index contributed by atoms with van der Waals surface area (Å²) >= 11 is 0. The number of piperidine rings is 1. The van der Waals surface area contributed by atoms with Crippen molar-refractivity contribution in [2.45, 2.75) is 30.7 Å². The van der Waals surface area contributed by atoms with E-state index < -0.39 is 10.0 Å². The average Bonchev–Trinajstić information content (AvgIpc) is 2.72. The summed E-state index contributed by atoms with van der Waals surface area (Å²) in [5.41, 5.74) is 6.67. The van der Waals surface area contributed by atoms with E-state index in [2.05, 4.69) is 9.30 Å². The van der Waals surface area contributed by atoms with Gasteiger partial charge in [0.15, 0.2) is 5.84 Å². The molecule has 0 aliphatic carbocycles. The highest BCUT2D eigenvalue weighted by molar-refractivity contribution is 7.90. The van der Waals surface area contributed by atoms with Crippen LogP contribution in [0.5, 0.6) is 0 Å². The molecule has 1 fully saturated rings. The first-order valence-corrected chi connectivity index (χ1v) is 8.38. The maximum Gasteiger partial charge on any atom is 0.285 e. The van der Waals surface area contributed by atoms with Gasteiger partial charge in [0, 0.05) is 24.7 Å². The Labute approximate surface area is 119 Å². The Morgan fingerprint density at radius 2 is 1.95 bits per heavy atom. The molecule has 1 unspecified atom stereocenters. The fraction of sp³-hybridized carbons (Fsp3) is 0.500. The lowest BCUT2D eigenvalue weighted by Gasteiger charge is -2.34. The molecule has 3 rings (SSSR count). The first-order valence-electron chi connectivity index (χ1n) is 6.94. The van der Waals surface area contributed by atoms with E-state index >= 15 is 0 Å². The number of hydrogen-bond acceptors (Lipinski definition) is 4. The summed E-state index contributed by atoms with van der Waals surface area (Å²) in [7, 11) is -3.51. The Hall–Kier alpha value is -1.40. The van der Waals surface area contributed by atoms with Crippen LogP contribution < -0.4 is 5.73 Å². The largest absolute Gasteiger partial charge is 0.355 e. The van der Waals surface area contributed by atoms with E-state index in [9.17, 15) is 8.42 Å². The Morgan fingerprint density at radius 1 is 1.30 bits per heavy atom. The highest BCUT2D eigenvalue weighted by Gasteiger charge is 2.33. The van der Waals surface area contributed by atoms with Crippen molar-refractivity contribution in [3.63, 3.8) is 0 Å². The van der Waals surface area contributed by atoms with Crippen molar-refractivity contribution in [3.05, 3.63) is 29.8 Å². The van der Waals surface area contributed by atoms with Gasteiger partial charge in [-0.25, -0.2) is 0 Å². The molecule has 0 spiro atoms. The summed E-state index contributed by atoms with van der Waals surface area (Å²) in [6.45, 7) is 3.66.